The number of rotatable bonds is 1. The normalized spacial score (nSPS) is 25.5. The zero-order chi connectivity index (χ0) is 19.3. The molecule has 2 saturated heterocycles. The number of likely N-dealkylation sites (tertiary alicyclic amines) is 2. The Balaban J connectivity index is 1.48. The number of aromatic nitrogens is 4. The number of nitrogens with one attached hydrogen (secondary N) is 1. The van der Waals surface area contributed by atoms with Crippen LogP contribution < -0.4 is 0 Å². The van der Waals surface area contributed by atoms with E-state index in [2.05, 4.69) is 27.4 Å². The van der Waals surface area contributed by atoms with Crippen LogP contribution in [0.1, 0.15) is 37.9 Å². The van der Waals surface area contributed by atoms with Crippen LogP contribution in [0.2, 0.25) is 0 Å². The van der Waals surface area contributed by atoms with Gasteiger partial charge in [-0.15, -0.1) is 0 Å². The van der Waals surface area contributed by atoms with Gasteiger partial charge >= 0.3 is 6.03 Å². The van der Waals surface area contributed by atoms with Crippen LogP contribution in [0.4, 0.5) is 4.79 Å². The molecule has 0 aromatic carbocycles. The van der Waals surface area contributed by atoms with Crippen molar-refractivity contribution in [1.29, 1.82) is 5.26 Å². The molecule has 2 amide bonds. The van der Waals surface area contributed by atoms with Crippen molar-refractivity contribution in [3.05, 3.63) is 30.5 Å². The molecule has 0 aliphatic carbocycles. The summed E-state index contributed by atoms with van der Waals surface area (Å²) in [5.74, 6) is 1.54. The van der Waals surface area contributed by atoms with Crippen LogP contribution in [0.15, 0.2) is 24.7 Å². The van der Waals surface area contributed by atoms with E-state index in [1.54, 1.807) is 4.90 Å². The summed E-state index contributed by atoms with van der Waals surface area (Å²) in [4.78, 5) is 29.1. The van der Waals surface area contributed by atoms with Crippen molar-refractivity contribution in [3.8, 4) is 6.07 Å². The Hall–Kier alpha value is -3.08. The molecule has 3 aromatic rings. The van der Waals surface area contributed by atoms with Crippen molar-refractivity contribution in [2.45, 2.75) is 38.1 Å². The standard InChI is InChI=1S/C20H23N7O/c1-13-5-8-25(20(28)26-7-2-3-14(26)9-21)12-16(13)19-24-11-15-10-23-18-17(27(15)19)4-6-22-18/h4,6,10-11,13-14,16,22H,2-3,5,7-8,12H2,1H3. The van der Waals surface area contributed by atoms with Crippen LogP contribution in [0.3, 0.4) is 0 Å². The third-order valence-electron chi connectivity index (χ3n) is 6.30. The Morgan fingerprint density at radius 3 is 3.00 bits per heavy atom. The minimum Gasteiger partial charge on any atom is -0.345 e. The lowest BCUT2D eigenvalue weighted by Crippen LogP contribution is -2.50. The largest absolute Gasteiger partial charge is 0.345 e. The van der Waals surface area contributed by atoms with E-state index in [4.69, 9.17) is 4.98 Å². The van der Waals surface area contributed by atoms with Crippen molar-refractivity contribution in [2.75, 3.05) is 19.6 Å². The summed E-state index contributed by atoms with van der Waals surface area (Å²) in [6.07, 6.45) is 8.18. The van der Waals surface area contributed by atoms with Crippen LogP contribution in [-0.4, -0.2) is 60.9 Å². The van der Waals surface area contributed by atoms with Gasteiger partial charge < -0.3 is 14.8 Å². The number of nitriles is 1. The number of carbonyl (C=O) groups is 1. The summed E-state index contributed by atoms with van der Waals surface area (Å²) in [6.45, 7) is 4.27. The van der Waals surface area contributed by atoms with Crippen LogP contribution in [0, 0.1) is 17.2 Å². The van der Waals surface area contributed by atoms with Gasteiger partial charge in [-0.3, -0.25) is 4.40 Å². The Labute approximate surface area is 162 Å². The highest BCUT2D eigenvalue weighted by Gasteiger charge is 2.37. The third kappa shape index (κ3) is 2.53. The summed E-state index contributed by atoms with van der Waals surface area (Å²) in [6, 6.07) is 3.99. The molecule has 3 atom stereocenters. The summed E-state index contributed by atoms with van der Waals surface area (Å²) >= 11 is 0. The van der Waals surface area contributed by atoms with Crippen molar-refractivity contribution in [1.82, 2.24) is 29.2 Å². The second-order valence-electron chi connectivity index (χ2n) is 7.93. The van der Waals surface area contributed by atoms with Crippen molar-refractivity contribution in [3.63, 3.8) is 0 Å². The topological polar surface area (TPSA) is 93.3 Å². The van der Waals surface area contributed by atoms with Gasteiger partial charge in [0.05, 0.1) is 29.5 Å². The minimum absolute atomic E-state index is 0.00438. The highest BCUT2D eigenvalue weighted by atomic mass is 16.2. The molecule has 3 unspecified atom stereocenters. The van der Waals surface area contributed by atoms with Gasteiger partial charge in [-0.2, -0.15) is 5.26 Å². The Morgan fingerprint density at radius 2 is 2.14 bits per heavy atom. The maximum atomic E-state index is 13.1. The molecule has 0 spiro atoms. The van der Waals surface area contributed by atoms with Crippen LogP contribution >= 0.6 is 0 Å². The van der Waals surface area contributed by atoms with E-state index in [0.29, 0.717) is 19.0 Å². The van der Waals surface area contributed by atoms with Gasteiger partial charge in [0.2, 0.25) is 0 Å². The number of H-pyrrole nitrogens is 1. The summed E-state index contributed by atoms with van der Waals surface area (Å²) in [5, 5.41) is 9.34. The molecule has 1 N–H and O–H groups in total. The molecule has 0 radical (unpaired) electrons. The zero-order valence-electron chi connectivity index (χ0n) is 15.9. The van der Waals surface area contributed by atoms with Crippen molar-refractivity contribution < 1.29 is 4.79 Å². The molecule has 8 heteroatoms. The molecule has 2 aliphatic rings. The molecule has 3 aromatic heterocycles. The second kappa shape index (κ2) is 6.51. The number of urea groups is 1. The average molecular weight is 377 g/mol. The predicted molar refractivity (Wildman–Crippen MR) is 104 cm³/mol. The number of carbonyl (C=O) groups excluding carboxylic acids is 1. The highest BCUT2D eigenvalue weighted by Crippen LogP contribution is 2.34. The van der Waals surface area contributed by atoms with Gasteiger partial charge in [0.15, 0.2) is 5.65 Å². The van der Waals surface area contributed by atoms with Gasteiger partial charge in [-0.05, 0) is 31.2 Å². The van der Waals surface area contributed by atoms with E-state index in [1.165, 1.54) is 0 Å². The number of aromatic amines is 1. The molecule has 0 saturated carbocycles. The minimum atomic E-state index is -0.289. The maximum Gasteiger partial charge on any atom is 0.321 e. The number of piperidine rings is 1. The van der Waals surface area contributed by atoms with E-state index < -0.39 is 0 Å². The zero-order valence-corrected chi connectivity index (χ0v) is 15.9. The van der Waals surface area contributed by atoms with Crippen molar-refractivity contribution >= 4 is 22.7 Å². The molecule has 2 fully saturated rings. The average Bonchev–Trinajstić information content (AvgIpc) is 3.45. The van der Waals surface area contributed by atoms with Crippen molar-refractivity contribution in [2.24, 2.45) is 5.92 Å². The predicted octanol–water partition coefficient (Wildman–Crippen LogP) is 2.74. The molecule has 5 rings (SSSR count). The van der Waals surface area contributed by atoms with Gasteiger partial charge in [-0.25, -0.2) is 14.8 Å². The fourth-order valence-electron chi connectivity index (χ4n) is 4.65. The lowest BCUT2D eigenvalue weighted by atomic mass is 9.86. The van der Waals surface area contributed by atoms with Gasteiger partial charge in [-0.1, -0.05) is 6.92 Å². The van der Waals surface area contributed by atoms with E-state index in [-0.39, 0.29) is 18.0 Å². The molecular weight excluding hydrogens is 354 g/mol. The Bertz CT molecular complexity index is 1080. The summed E-state index contributed by atoms with van der Waals surface area (Å²) in [7, 11) is 0. The SMILES string of the molecule is CC1CCN(C(=O)N2CCCC2C#N)CC1c1ncc2cnc3[nH]ccc3n12. The fraction of sp³-hybridized carbons (Fsp3) is 0.500. The fourth-order valence-corrected chi connectivity index (χ4v) is 4.65. The lowest BCUT2D eigenvalue weighted by Gasteiger charge is -2.38. The number of hydrogen-bond donors (Lipinski definition) is 1. The van der Waals surface area contributed by atoms with E-state index in [9.17, 15) is 10.1 Å². The second-order valence-corrected chi connectivity index (χ2v) is 7.93. The quantitative estimate of drug-likeness (QED) is 0.706. The number of imidazole rings is 1. The molecule has 144 valence electrons. The first kappa shape index (κ1) is 17.0. The maximum absolute atomic E-state index is 13.1. The van der Waals surface area contributed by atoms with E-state index >= 15 is 0 Å². The summed E-state index contributed by atoms with van der Waals surface area (Å²) < 4.78 is 2.15. The molecular formula is C20H23N7O. The lowest BCUT2D eigenvalue weighted by molar-refractivity contribution is 0.126. The first-order chi connectivity index (χ1) is 13.7. The first-order valence-electron chi connectivity index (χ1n) is 9.92. The van der Waals surface area contributed by atoms with Gasteiger partial charge in [0, 0.05) is 31.7 Å². The molecule has 2 aliphatic heterocycles. The number of hydrogen-bond acceptors (Lipinski definition) is 4. The smallest absolute Gasteiger partial charge is 0.321 e. The van der Waals surface area contributed by atoms with Crippen LogP contribution in [0.5, 0.6) is 0 Å². The van der Waals surface area contributed by atoms with Gasteiger partial charge in [0.25, 0.3) is 0 Å². The third-order valence-corrected chi connectivity index (χ3v) is 6.30. The molecule has 0 bridgehead atoms. The van der Waals surface area contributed by atoms with Crippen LogP contribution in [-0.2, 0) is 0 Å². The van der Waals surface area contributed by atoms with Crippen LogP contribution in [0.25, 0.3) is 16.7 Å². The number of nitrogens with zero attached hydrogens (tertiary/aromatic N) is 6. The Kier molecular flexibility index (Phi) is 3.97. The number of amides is 2. The molecule has 5 heterocycles. The highest BCUT2D eigenvalue weighted by molar-refractivity contribution is 5.76. The molecule has 8 nitrogen and oxygen atoms in total. The van der Waals surface area contributed by atoms with E-state index in [1.807, 2.05) is 29.6 Å². The Morgan fingerprint density at radius 1 is 1.29 bits per heavy atom. The first-order valence-corrected chi connectivity index (χ1v) is 9.92. The van der Waals surface area contributed by atoms with E-state index in [0.717, 1.165) is 48.3 Å². The monoisotopic (exact) mass is 377 g/mol. The summed E-state index contributed by atoms with van der Waals surface area (Å²) in [5.41, 5.74) is 2.80. The number of fused-ring (bicyclic) bond motifs is 3. The molecule has 28 heavy (non-hydrogen) atoms. The van der Waals surface area contributed by atoms with Gasteiger partial charge in [0.1, 0.15) is 11.9 Å².